The van der Waals surface area contributed by atoms with E-state index in [-0.39, 0.29) is 0 Å². The molecule has 0 aliphatic heterocycles. The summed E-state index contributed by atoms with van der Waals surface area (Å²) in [6.45, 7) is 0. The number of nitrogen functional groups attached to an aromatic ring is 1. The second-order valence-corrected chi connectivity index (χ2v) is 2.74. The number of fused-ring (bicyclic) bond motifs is 1. The molecule has 0 spiro atoms. The molecule has 0 aliphatic rings. The molecule has 2 rings (SSSR count). The molecule has 0 fully saturated rings. The number of rotatable bonds is 0. The first-order chi connectivity index (χ1) is 5.79. The van der Waals surface area contributed by atoms with Gasteiger partial charge in [-0.25, -0.2) is 0 Å². The summed E-state index contributed by atoms with van der Waals surface area (Å²) in [5, 5.41) is 5.15. The number of aryl methyl sites for hydroxylation is 1. The monoisotopic (exact) mass is 160 g/mol. The van der Waals surface area contributed by atoms with Gasteiger partial charge in [0.15, 0.2) is 7.05 Å². The molecule has 0 amide bonds. The maximum Gasteiger partial charge on any atom is 0.240 e. The summed E-state index contributed by atoms with van der Waals surface area (Å²) in [5.41, 5.74) is 7.53. The molecule has 0 saturated heterocycles. The Labute approximate surface area is 70.4 Å². The zero-order chi connectivity index (χ0) is 8.55. The fourth-order valence-electron chi connectivity index (χ4n) is 1.28. The number of nitrogens with zero attached hydrogens (tertiary/aromatic N) is 2. The van der Waals surface area contributed by atoms with E-state index in [0.29, 0.717) is 0 Å². The van der Waals surface area contributed by atoms with Gasteiger partial charge in [0.25, 0.3) is 0 Å². The summed E-state index contributed by atoms with van der Waals surface area (Å²) in [6, 6.07) is 7.94. The smallest absolute Gasteiger partial charge is 0.240 e. The molecular weight excluding hydrogens is 150 g/mol. The molecule has 0 bridgehead atoms. The largest absolute Gasteiger partial charge is 0.397 e. The van der Waals surface area contributed by atoms with Crippen molar-refractivity contribution in [1.29, 1.82) is 0 Å². The quantitative estimate of drug-likeness (QED) is 0.575. The van der Waals surface area contributed by atoms with Crippen molar-refractivity contribution in [3.8, 4) is 0 Å². The molecule has 1 aromatic heterocycles. The molecule has 0 atom stereocenters. The lowest BCUT2D eigenvalue weighted by Gasteiger charge is -1.96. The van der Waals surface area contributed by atoms with Crippen LogP contribution < -0.4 is 10.4 Å². The number of hydrogen-bond acceptors (Lipinski definition) is 2. The molecule has 3 heteroatoms. The summed E-state index contributed by atoms with van der Waals surface area (Å²) >= 11 is 0. The molecule has 1 aromatic carbocycles. The Balaban J connectivity index is 2.95. The number of nitrogens with two attached hydrogens (primary N) is 1. The number of hydrogen-bond donors (Lipinski definition) is 1. The van der Waals surface area contributed by atoms with Crippen LogP contribution in [0.1, 0.15) is 0 Å². The third-order valence-electron chi connectivity index (χ3n) is 1.93. The van der Waals surface area contributed by atoms with Crippen LogP contribution in [0.25, 0.3) is 10.9 Å². The van der Waals surface area contributed by atoms with Crippen molar-refractivity contribution in [2.75, 3.05) is 5.73 Å². The van der Waals surface area contributed by atoms with Crippen LogP contribution in [0.4, 0.5) is 5.69 Å². The van der Waals surface area contributed by atoms with Crippen molar-refractivity contribution in [2.45, 2.75) is 0 Å². The van der Waals surface area contributed by atoms with Gasteiger partial charge in [0.05, 0.1) is 11.1 Å². The number of anilines is 1. The molecule has 3 nitrogen and oxygen atoms in total. The summed E-state index contributed by atoms with van der Waals surface area (Å²) in [6.07, 6.45) is 1.67. The molecule has 60 valence electrons. The second-order valence-electron chi connectivity index (χ2n) is 2.74. The Morgan fingerprint density at radius 1 is 1.33 bits per heavy atom. The van der Waals surface area contributed by atoms with Gasteiger partial charge in [-0.2, -0.15) is 0 Å². The zero-order valence-electron chi connectivity index (χ0n) is 6.86. The van der Waals surface area contributed by atoms with E-state index in [9.17, 15) is 0 Å². The Kier molecular flexibility index (Phi) is 1.43. The van der Waals surface area contributed by atoms with Crippen LogP contribution in [0.5, 0.6) is 0 Å². The lowest BCUT2D eigenvalue weighted by molar-refractivity contribution is -0.705. The molecule has 12 heavy (non-hydrogen) atoms. The molecular formula is C9H10N3+. The van der Waals surface area contributed by atoms with E-state index in [1.165, 1.54) is 0 Å². The Morgan fingerprint density at radius 2 is 2.08 bits per heavy atom. The first-order valence-electron chi connectivity index (χ1n) is 3.78. The zero-order valence-corrected chi connectivity index (χ0v) is 6.86. The third kappa shape index (κ3) is 0.906. The average molecular weight is 160 g/mol. The molecule has 0 radical (unpaired) electrons. The van der Waals surface area contributed by atoms with Gasteiger partial charge in [0, 0.05) is 6.07 Å². The van der Waals surface area contributed by atoms with Gasteiger partial charge in [-0.05, 0) is 11.2 Å². The fraction of sp³-hybridized carbons (Fsp3) is 0.111. The van der Waals surface area contributed by atoms with E-state index >= 15 is 0 Å². The van der Waals surface area contributed by atoms with Gasteiger partial charge in [0.2, 0.25) is 5.52 Å². The average Bonchev–Trinajstić information content (AvgIpc) is 2.12. The Bertz CT molecular complexity index is 383. The van der Waals surface area contributed by atoms with E-state index in [1.54, 1.807) is 6.20 Å². The molecule has 2 N–H and O–H groups in total. The van der Waals surface area contributed by atoms with E-state index in [2.05, 4.69) is 5.10 Å². The van der Waals surface area contributed by atoms with Crippen LogP contribution in [0.15, 0.2) is 30.5 Å². The highest BCUT2D eigenvalue weighted by Crippen LogP contribution is 2.14. The fourth-order valence-corrected chi connectivity index (χ4v) is 1.28. The van der Waals surface area contributed by atoms with Crippen molar-refractivity contribution in [3.05, 3.63) is 30.5 Å². The maximum absolute atomic E-state index is 5.75. The van der Waals surface area contributed by atoms with Crippen molar-refractivity contribution in [2.24, 2.45) is 7.05 Å². The second kappa shape index (κ2) is 2.44. The van der Waals surface area contributed by atoms with Crippen LogP contribution in [0.3, 0.4) is 0 Å². The summed E-state index contributed by atoms with van der Waals surface area (Å²) < 4.78 is 1.81. The van der Waals surface area contributed by atoms with Crippen molar-refractivity contribution < 1.29 is 4.68 Å². The lowest BCUT2D eigenvalue weighted by atomic mass is 10.2. The summed E-state index contributed by atoms with van der Waals surface area (Å²) in [4.78, 5) is 0. The van der Waals surface area contributed by atoms with Crippen LogP contribution in [0, 0.1) is 0 Å². The first kappa shape index (κ1) is 7.03. The van der Waals surface area contributed by atoms with E-state index in [0.717, 1.165) is 16.6 Å². The van der Waals surface area contributed by atoms with Crippen LogP contribution in [0.2, 0.25) is 0 Å². The van der Waals surface area contributed by atoms with Crippen molar-refractivity contribution in [3.63, 3.8) is 0 Å². The normalized spacial score (nSPS) is 10.4. The number of para-hydroxylation sites is 1. The Hall–Kier alpha value is -1.64. The SMILES string of the molecule is C[n+]1ncc(N)c2ccccc21. The molecule has 1 heterocycles. The van der Waals surface area contributed by atoms with Gasteiger partial charge in [-0.3, -0.25) is 0 Å². The van der Waals surface area contributed by atoms with Gasteiger partial charge in [0.1, 0.15) is 6.20 Å². The van der Waals surface area contributed by atoms with Gasteiger partial charge in [-0.15, -0.1) is 0 Å². The number of aromatic nitrogens is 2. The molecule has 0 saturated carbocycles. The van der Waals surface area contributed by atoms with Crippen LogP contribution in [-0.4, -0.2) is 5.10 Å². The highest BCUT2D eigenvalue weighted by molar-refractivity contribution is 5.86. The summed E-state index contributed by atoms with van der Waals surface area (Å²) in [7, 11) is 1.90. The minimum absolute atomic E-state index is 0.726. The van der Waals surface area contributed by atoms with Gasteiger partial charge < -0.3 is 5.73 Å². The first-order valence-corrected chi connectivity index (χ1v) is 3.78. The van der Waals surface area contributed by atoms with E-state index in [4.69, 9.17) is 5.73 Å². The van der Waals surface area contributed by atoms with Crippen molar-refractivity contribution >= 4 is 16.6 Å². The van der Waals surface area contributed by atoms with Gasteiger partial charge >= 0.3 is 0 Å². The van der Waals surface area contributed by atoms with E-state index in [1.807, 2.05) is 36.0 Å². The maximum atomic E-state index is 5.75. The topological polar surface area (TPSA) is 42.8 Å². The predicted molar refractivity (Wildman–Crippen MR) is 47.3 cm³/mol. The highest BCUT2D eigenvalue weighted by atomic mass is 15.2. The molecule has 0 unspecified atom stereocenters. The van der Waals surface area contributed by atoms with Gasteiger partial charge in [-0.1, -0.05) is 16.8 Å². The Morgan fingerprint density at radius 3 is 2.83 bits per heavy atom. The van der Waals surface area contributed by atoms with Crippen LogP contribution >= 0.6 is 0 Å². The predicted octanol–water partition coefficient (Wildman–Crippen LogP) is 0.641. The molecule has 2 aromatic rings. The van der Waals surface area contributed by atoms with Crippen LogP contribution in [-0.2, 0) is 7.05 Å². The molecule has 0 aliphatic carbocycles. The lowest BCUT2D eigenvalue weighted by Crippen LogP contribution is -2.33. The highest BCUT2D eigenvalue weighted by Gasteiger charge is 2.06. The minimum Gasteiger partial charge on any atom is -0.397 e. The number of benzene rings is 1. The van der Waals surface area contributed by atoms with E-state index < -0.39 is 0 Å². The minimum atomic E-state index is 0.726. The van der Waals surface area contributed by atoms with Crippen molar-refractivity contribution in [1.82, 2.24) is 5.10 Å². The standard InChI is InChI=1S/C9H9N3/c1-12-9-5-3-2-4-7(9)8(10)6-11-12/h2-6,10H,1H3/p+1. The summed E-state index contributed by atoms with van der Waals surface area (Å²) in [5.74, 6) is 0. The third-order valence-corrected chi connectivity index (χ3v) is 1.93.